The van der Waals surface area contributed by atoms with Crippen LogP contribution in [0.3, 0.4) is 0 Å². The minimum Gasteiger partial charge on any atom is -0.478 e. The van der Waals surface area contributed by atoms with E-state index in [9.17, 15) is 13.2 Å². The molecular weight excluding hydrogens is 337 g/mol. The van der Waals surface area contributed by atoms with Crippen molar-refractivity contribution in [1.82, 2.24) is 4.72 Å². The maximum atomic E-state index is 12.2. The van der Waals surface area contributed by atoms with Crippen LogP contribution in [0.2, 0.25) is 10.0 Å². The van der Waals surface area contributed by atoms with Crippen molar-refractivity contribution in [2.75, 3.05) is 6.54 Å². The average Bonchev–Trinajstić information content (AvgIpc) is 2.34. The average molecular weight is 352 g/mol. The molecular formula is C13H15Cl2NO4S. The molecule has 1 aromatic rings. The van der Waals surface area contributed by atoms with E-state index in [0.717, 1.165) is 31.4 Å². The summed E-state index contributed by atoms with van der Waals surface area (Å²) in [7, 11) is -3.88. The van der Waals surface area contributed by atoms with E-state index in [1.165, 1.54) is 6.42 Å². The Morgan fingerprint density at radius 2 is 2.00 bits per heavy atom. The van der Waals surface area contributed by atoms with Gasteiger partial charge in [0.15, 0.2) is 0 Å². The van der Waals surface area contributed by atoms with E-state index in [0.29, 0.717) is 12.5 Å². The predicted octanol–water partition coefficient (Wildman–Crippen LogP) is 3.16. The molecule has 0 saturated heterocycles. The third-order valence-corrected chi connectivity index (χ3v) is 5.82. The minimum absolute atomic E-state index is 0.0103. The number of carbonyl (C=O) groups is 1. The summed E-state index contributed by atoms with van der Waals surface area (Å²) in [5.74, 6) is -0.759. The number of hydrogen-bond acceptors (Lipinski definition) is 3. The van der Waals surface area contributed by atoms with E-state index in [1.54, 1.807) is 0 Å². The van der Waals surface area contributed by atoms with Crippen LogP contribution in [0.15, 0.2) is 17.0 Å². The highest BCUT2D eigenvalue weighted by molar-refractivity contribution is 7.89. The van der Waals surface area contributed by atoms with E-state index in [4.69, 9.17) is 28.3 Å². The van der Waals surface area contributed by atoms with Gasteiger partial charge in [0.05, 0.1) is 10.6 Å². The van der Waals surface area contributed by atoms with Crippen LogP contribution in [0.25, 0.3) is 0 Å². The van der Waals surface area contributed by atoms with Gasteiger partial charge < -0.3 is 5.11 Å². The van der Waals surface area contributed by atoms with Gasteiger partial charge in [0.2, 0.25) is 10.0 Å². The van der Waals surface area contributed by atoms with Crippen LogP contribution in [-0.4, -0.2) is 26.0 Å². The molecule has 1 fully saturated rings. The number of carboxylic acid groups (broad SMARTS) is 1. The van der Waals surface area contributed by atoms with Gasteiger partial charge in [0, 0.05) is 11.6 Å². The molecule has 0 atom stereocenters. The quantitative estimate of drug-likeness (QED) is 0.824. The molecule has 1 aliphatic rings. The van der Waals surface area contributed by atoms with Crippen LogP contribution >= 0.6 is 23.2 Å². The van der Waals surface area contributed by atoms with Crippen molar-refractivity contribution < 1.29 is 18.3 Å². The second-order valence-electron chi connectivity index (χ2n) is 5.05. The van der Waals surface area contributed by atoms with Crippen LogP contribution in [0.1, 0.15) is 36.0 Å². The first kappa shape index (κ1) is 16.5. The number of carboxylic acids is 1. The molecule has 0 heterocycles. The van der Waals surface area contributed by atoms with Gasteiger partial charge in [0.1, 0.15) is 4.90 Å². The Labute approximate surface area is 133 Å². The number of hydrogen-bond donors (Lipinski definition) is 2. The third kappa shape index (κ3) is 3.88. The van der Waals surface area contributed by atoms with Crippen LogP contribution < -0.4 is 4.72 Å². The molecule has 0 unspecified atom stereocenters. The maximum absolute atomic E-state index is 12.2. The lowest BCUT2D eigenvalue weighted by atomic mass is 9.83. The zero-order chi connectivity index (χ0) is 15.6. The van der Waals surface area contributed by atoms with Gasteiger partial charge in [-0.2, -0.15) is 0 Å². The number of nitrogens with one attached hydrogen (secondary N) is 1. The fourth-order valence-corrected chi connectivity index (χ4v) is 4.12. The zero-order valence-corrected chi connectivity index (χ0v) is 13.4. The molecule has 8 heteroatoms. The van der Waals surface area contributed by atoms with Gasteiger partial charge in [-0.25, -0.2) is 17.9 Å². The molecule has 21 heavy (non-hydrogen) atoms. The number of rotatable bonds is 6. The summed E-state index contributed by atoms with van der Waals surface area (Å²) in [4.78, 5) is 10.7. The third-order valence-electron chi connectivity index (χ3n) is 3.59. The molecule has 2 rings (SSSR count). The Hall–Kier alpha value is -0.820. The lowest BCUT2D eigenvalue weighted by molar-refractivity contribution is 0.0697. The summed E-state index contributed by atoms with van der Waals surface area (Å²) < 4.78 is 26.9. The second-order valence-corrected chi connectivity index (χ2v) is 7.60. The van der Waals surface area contributed by atoms with Crippen molar-refractivity contribution in [3.63, 3.8) is 0 Å². The standard InChI is InChI=1S/C13H15Cl2NO4S/c14-9-6-10(13(17)18)12(15)11(7-9)21(19,20)16-5-4-8-2-1-3-8/h6-8,16H,1-5H2,(H,17,18). The topological polar surface area (TPSA) is 83.5 Å². The van der Waals surface area contributed by atoms with Crippen molar-refractivity contribution in [1.29, 1.82) is 0 Å². The predicted molar refractivity (Wildman–Crippen MR) is 80.6 cm³/mol. The molecule has 0 aromatic heterocycles. The molecule has 5 nitrogen and oxygen atoms in total. The Kier molecular flexibility index (Phi) is 5.14. The molecule has 0 aliphatic heterocycles. The molecule has 0 amide bonds. The Morgan fingerprint density at radius 1 is 1.33 bits per heavy atom. The summed E-state index contributed by atoms with van der Waals surface area (Å²) in [6.45, 7) is 0.304. The molecule has 0 radical (unpaired) electrons. The van der Waals surface area contributed by atoms with E-state index in [1.807, 2.05) is 0 Å². The van der Waals surface area contributed by atoms with Gasteiger partial charge in [0.25, 0.3) is 0 Å². The highest BCUT2D eigenvalue weighted by Gasteiger charge is 2.24. The number of benzene rings is 1. The minimum atomic E-state index is -3.88. The first-order valence-electron chi connectivity index (χ1n) is 6.53. The van der Waals surface area contributed by atoms with Gasteiger partial charge in [-0.05, 0) is 24.5 Å². The fourth-order valence-electron chi connectivity index (χ4n) is 2.17. The van der Waals surface area contributed by atoms with E-state index < -0.39 is 16.0 Å². The molecule has 1 saturated carbocycles. The highest BCUT2D eigenvalue weighted by Crippen LogP contribution is 2.31. The Morgan fingerprint density at radius 3 is 2.52 bits per heavy atom. The second kappa shape index (κ2) is 6.52. The van der Waals surface area contributed by atoms with E-state index in [-0.39, 0.29) is 20.5 Å². The molecule has 0 bridgehead atoms. The van der Waals surface area contributed by atoms with Gasteiger partial charge in [-0.1, -0.05) is 42.5 Å². The summed E-state index contributed by atoms with van der Waals surface area (Å²) in [5.41, 5.74) is -0.330. The van der Waals surface area contributed by atoms with Gasteiger partial charge in [-0.15, -0.1) is 0 Å². The molecule has 0 spiro atoms. The van der Waals surface area contributed by atoms with Gasteiger partial charge >= 0.3 is 5.97 Å². The lowest BCUT2D eigenvalue weighted by Crippen LogP contribution is -2.28. The molecule has 2 N–H and O–H groups in total. The van der Waals surface area contributed by atoms with E-state index in [2.05, 4.69) is 4.72 Å². The van der Waals surface area contributed by atoms with Crippen LogP contribution in [-0.2, 0) is 10.0 Å². The van der Waals surface area contributed by atoms with Crippen LogP contribution in [0.4, 0.5) is 0 Å². The van der Waals surface area contributed by atoms with Crippen LogP contribution in [0.5, 0.6) is 0 Å². The first-order chi connectivity index (χ1) is 9.81. The van der Waals surface area contributed by atoms with Crippen molar-refractivity contribution in [2.24, 2.45) is 5.92 Å². The first-order valence-corrected chi connectivity index (χ1v) is 8.77. The number of aromatic carboxylic acids is 1. The van der Waals surface area contributed by atoms with Gasteiger partial charge in [-0.3, -0.25) is 0 Å². The number of sulfonamides is 1. The molecule has 116 valence electrons. The largest absolute Gasteiger partial charge is 0.478 e. The summed E-state index contributed by atoms with van der Waals surface area (Å²) >= 11 is 11.7. The van der Waals surface area contributed by atoms with Crippen molar-refractivity contribution in [3.8, 4) is 0 Å². The Bertz CT molecular complexity index is 656. The molecule has 1 aromatic carbocycles. The smallest absolute Gasteiger partial charge is 0.337 e. The van der Waals surface area contributed by atoms with E-state index >= 15 is 0 Å². The number of halogens is 2. The zero-order valence-electron chi connectivity index (χ0n) is 11.1. The highest BCUT2D eigenvalue weighted by atomic mass is 35.5. The summed E-state index contributed by atoms with van der Waals surface area (Å²) in [6, 6.07) is 2.28. The normalized spacial score (nSPS) is 15.7. The lowest BCUT2D eigenvalue weighted by Gasteiger charge is -2.25. The Balaban J connectivity index is 2.20. The van der Waals surface area contributed by atoms with Crippen molar-refractivity contribution in [2.45, 2.75) is 30.6 Å². The monoisotopic (exact) mass is 351 g/mol. The SMILES string of the molecule is O=C(O)c1cc(Cl)cc(S(=O)(=O)NCCC2CCC2)c1Cl. The van der Waals surface area contributed by atoms with Crippen molar-refractivity contribution >= 4 is 39.2 Å². The summed E-state index contributed by atoms with van der Waals surface area (Å²) in [5, 5.41) is 8.69. The maximum Gasteiger partial charge on any atom is 0.337 e. The summed E-state index contributed by atoms with van der Waals surface area (Å²) in [6.07, 6.45) is 4.22. The van der Waals surface area contributed by atoms with Crippen LogP contribution in [0, 0.1) is 5.92 Å². The molecule has 1 aliphatic carbocycles. The van der Waals surface area contributed by atoms with Crippen molar-refractivity contribution in [3.05, 3.63) is 27.7 Å². The fraction of sp³-hybridized carbons (Fsp3) is 0.462.